The quantitative estimate of drug-likeness (QED) is 0.0419. The van der Waals surface area contributed by atoms with Crippen LogP contribution in [0.3, 0.4) is 0 Å². The molecular weight excluding hydrogens is 626 g/mol. The highest BCUT2D eigenvalue weighted by atomic mass is 35.5. The summed E-state index contributed by atoms with van der Waals surface area (Å²) in [7, 11) is 3.21. The second-order valence-corrected chi connectivity index (χ2v) is 10.6. The Morgan fingerprint density at radius 2 is 1.96 bits per heavy atom. The number of anilines is 3. The van der Waals surface area contributed by atoms with Crippen LogP contribution in [0.25, 0.3) is 17.3 Å². The van der Waals surface area contributed by atoms with E-state index < -0.39 is 12.1 Å². The lowest BCUT2D eigenvalue weighted by Crippen LogP contribution is -2.31. The highest BCUT2D eigenvalue weighted by Gasteiger charge is 2.24. The van der Waals surface area contributed by atoms with E-state index >= 15 is 0 Å². The van der Waals surface area contributed by atoms with E-state index in [1.165, 1.54) is 30.9 Å². The van der Waals surface area contributed by atoms with E-state index in [4.69, 9.17) is 28.0 Å². The van der Waals surface area contributed by atoms with Crippen molar-refractivity contribution in [3.8, 4) is 11.3 Å². The molecule has 0 saturated carbocycles. The normalized spacial score (nSPS) is 15.9. The molecule has 0 aliphatic carbocycles. The molecule has 2 atom stereocenters. The number of hydrogen-bond acceptors (Lipinski definition) is 12. The Bertz CT molecular complexity index is 1570. The van der Waals surface area contributed by atoms with Gasteiger partial charge in [-0.1, -0.05) is 24.4 Å². The minimum atomic E-state index is -0.545. The summed E-state index contributed by atoms with van der Waals surface area (Å²) in [5.74, 6) is 10.5. The van der Waals surface area contributed by atoms with Gasteiger partial charge in [0.2, 0.25) is 5.91 Å². The lowest BCUT2D eigenvalue weighted by Gasteiger charge is -2.23. The molecule has 4 rings (SSSR count). The number of nitrogens with two attached hydrogens (primary N) is 2. The van der Waals surface area contributed by atoms with Crippen LogP contribution in [0.5, 0.6) is 0 Å². The average molecular weight is 666 g/mol. The smallest absolute Gasteiger partial charge is 0.328 e. The molecule has 14 nitrogen and oxygen atoms in total. The summed E-state index contributed by atoms with van der Waals surface area (Å²) in [6, 6.07) is 11.7. The number of amides is 1. The predicted octanol–water partition coefficient (Wildman–Crippen LogP) is 4.00. The van der Waals surface area contributed by atoms with Crippen LogP contribution in [-0.2, 0) is 23.9 Å². The molecule has 2 heterocycles. The number of carbonyl (C=O) groups is 3. The van der Waals surface area contributed by atoms with Crippen molar-refractivity contribution >= 4 is 59.4 Å². The molecule has 7 N–H and O–H groups in total. The van der Waals surface area contributed by atoms with E-state index in [2.05, 4.69) is 35.8 Å². The third kappa shape index (κ3) is 10.7. The number of rotatable bonds is 9. The van der Waals surface area contributed by atoms with E-state index in [9.17, 15) is 14.4 Å². The van der Waals surface area contributed by atoms with Crippen molar-refractivity contribution in [1.82, 2.24) is 15.3 Å². The molecule has 1 aliphatic heterocycles. The highest BCUT2D eigenvalue weighted by Crippen LogP contribution is 2.33. The number of ether oxygens (including phenoxy) is 2. The van der Waals surface area contributed by atoms with Gasteiger partial charge in [-0.25, -0.2) is 20.6 Å². The number of nitrogens with one attached hydrogen (secondary N) is 3. The van der Waals surface area contributed by atoms with Gasteiger partial charge in [0.25, 0.3) is 6.47 Å². The van der Waals surface area contributed by atoms with Crippen LogP contribution >= 0.6 is 11.6 Å². The number of esters is 1. The van der Waals surface area contributed by atoms with E-state index in [1.54, 1.807) is 31.2 Å². The van der Waals surface area contributed by atoms with Gasteiger partial charge in [-0.05, 0) is 68.3 Å². The summed E-state index contributed by atoms with van der Waals surface area (Å²) in [5.41, 5.74) is 4.87. The number of methoxy groups -OCH3 is 1. The van der Waals surface area contributed by atoms with Crippen molar-refractivity contribution in [2.24, 2.45) is 16.8 Å². The number of benzene rings is 2. The van der Waals surface area contributed by atoms with Crippen LogP contribution in [0.4, 0.5) is 17.1 Å². The maximum atomic E-state index is 13.2. The molecule has 15 heteroatoms. The summed E-state index contributed by atoms with van der Waals surface area (Å²) < 4.78 is 9.22. The minimum Gasteiger partial charge on any atom is -0.468 e. The van der Waals surface area contributed by atoms with Gasteiger partial charge in [-0.3, -0.25) is 14.6 Å². The van der Waals surface area contributed by atoms with Gasteiger partial charge in [0.15, 0.2) is 0 Å². The van der Waals surface area contributed by atoms with Crippen LogP contribution in [0.1, 0.15) is 49.9 Å². The number of aromatic nitrogens is 2. The fraction of sp³-hybridized carbons (Fsp3) is 0.312. The Balaban J connectivity index is 0.00000111. The van der Waals surface area contributed by atoms with E-state index in [0.717, 1.165) is 29.8 Å². The lowest BCUT2D eigenvalue weighted by molar-refractivity contribution is -0.141. The van der Waals surface area contributed by atoms with Crippen molar-refractivity contribution < 1.29 is 23.9 Å². The monoisotopic (exact) mass is 665 g/mol. The van der Waals surface area contributed by atoms with Crippen molar-refractivity contribution in [2.75, 3.05) is 36.4 Å². The molecule has 1 unspecified atom stereocenters. The average Bonchev–Trinajstić information content (AvgIpc) is 3.08. The Morgan fingerprint density at radius 3 is 2.64 bits per heavy atom. The fourth-order valence-electron chi connectivity index (χ4n) is 4.80. The van der Waals surface area contributed by atoms with Gasteiger partial charge in [-0.15, -0.1) is 0 Å². The molecule has 0 fully saturated rings. The van der Waals surface area contributed by atoms with Gasteiger partial charge in [0.1, 0.15) is 18.7 Å². The summed E-state index contributed by atoms with van der Waals surface area (Å²) in [4.78, 5) is 44.0. The number of nitrogens with zero attached hydrogens (tertiary/aromatic N) is 4. The Labute approximate surface area is 278 Å². The first-order chi connectivity index (χ1) is 22.7. The number of carbonyl (C=O) groups excluding carboxylic acids is 3. The van der Waals surface area contributed by atoms with Crippen molar-refractivity contribution in [2.45, 2.75) is 44.7 Å². The second kappa shape index (κ2) is 18.7. The zero-order chi connectivity index (χ0) is 34.2. The SMILES string of the molecule is CCOC=O.CNc1ccc2c(c1)NC(C(=O)OC)CCCC[C@H](NC(=O)/C=C/c1cc(Cl)ccc1N(N)/C=N\N)c1cc-2ncn1. The number of hydrazone groups is 1. The number of halogens is 1. The third-order valence-electron chi connectivity index (χ3n) is 7.10. The van der Waals surface area contributed by atoms with Gasteiger partial charge >= 0.3 is 5.97 Å². The summed E-state index contributed by atoms with van der Waals surface area (Å²) in [5, 5.41) is 14.7. The molecule has 2 bridgehead atoms. The largest absolute Gasteiger partial charge is 0.468 e. The van der Waals surface area contributed by atoms with Crippen molar-refractivity contribution in [3.05, 3.63) is 71.1 Å². The Morgan fingerprint density at radius 1 is 1.17 bits per heavy atom. The van der Waals surface area contributed by atoms with Crippen molar-refractivity contribution in [3.63, 3.8) is 0 Å². The van der Waals surface area contributed by atoms with Crippen LogP contribution in [-0.4, -0.2) is 61.5 Å². The van der Waals surface area contributed by atoms with Gasteiger partial charge in [0, 0.05) is 40.6 Å². The third-order valence-corrected chi connectivity index (χ3v) is 7.34. The maximum Gasteiger partial charge on any atom is 0.328 e. The van der Waals surface area contributed by atoms with Gasteiger partial charge in [-0.2, -0.15) is 5.10 Å². The lowest BCUT2D eigenvalue weighted by atomic mass is 9.98. The van der Waals surface area contributed by atoms with Gasteiger partial charge < -0.3 is 31.3 Å². The Hall–Kier alpha value is -5.21. The second-order valence-electron chi connectivity index (χ2n) is 10.2. The first-order valence-corrected chi connectivity index (χ1v) is 15.2. The Kier molecular flexibility index (Phi) is 14.4. The zero-order valence-electron chi connectivity index (χ0n) is 26.5. The zero-order valence-corrected chi connectivity index (χ0v) is 27.2. The van der Waals surface area contributed by atoms with Gasteiger partial charge in [0.05, 0.1) is 36.8 Å². The van der Waals surface area contributed by atoms with E-state index in [0.29, 0.717) is 53.6 Å². The number of hydrazine groups is 1. The predicted molar refractivity (Wildman–Crippen MR) is 183 cm³/mol. The topological polar surface area (TPSA) is 199 Å². The molecular formula is C32H40ClN9O5. The molecule has 0 spiro atoms. The van der Waals surface area contributed by atoms with Crippen LogP contribution in [0.2, 0.25) is 5.02 Å². The molecule has 1 aromatic heterocycles. The number of hydrogen-bond donors (Lipinski definition) is 5. The van der Waals surface area contributed by atoms with Crippen molar-refractivity contribution in [1.29, 1.82) is 0 Å². The van der Waals surface area contributed by atoms with E-state index in [1.807, 2.05) is 31.3 Å². The standard InChI is InChI=1S/C29H34ClN9O3.C3H6O2/c1-33-20-9-10-21-24-15-26(35-16-34-24)22(5-3-4-6-23(29(41)42-2)37-25(21)14-20)38-28(40)12-7-18-13-19(30)8-11-27(18)39(32)17-36-31;1-2-5-3-4/h7-17,22-23,33,37H,3-6,31-32H2,1-2H3,(H,38,40);3H,2H2,1H3/b12-7+,36-17-;/t22-,23?;/m0./s1. The molecule has 2 aromatic carbocycles. The fourth-order valence-corrected chi connectivity index (χ4v) is 4.98. The van der Waals surface area contributed by atoms with Crippen LogP contribution in [0.15, 0.2) is 60.0 Å². The van der Waals surface area contributed by atoms with E-state index in [-0.39, 0.29) is 11.9 Å². The number of fused-ring (bicyclic) bond motifs is 4. The first-order valence-electron chi connectivity index (χ1n) is 14.8. The molecule has 0 saturated heterocycles. The summed E-state index contributed by atoms with van der Waals surface area (Å²) in [6.07, 6.45) is 8.34. The van der Waals surface area contributed by atoms with Crippen LogP contribution < -0.4 is 32.6 Å². The molecule has 0 radical (unpaired) electrons. The minimum absolute atomic E-state index is 0.331. The molecule has 250 valence electrons. The highest BCUT2D eigenvalue weighted by molar-refractivity contribution is 6.30. The van der Waals surface area contributed by atoms with Crippen LogP contribution in [0, 0.1) is 0 Å². The molecule has 47 heavy (non-hydrogen) atoms. The summed E-state index contributed by atoms with van der Waals surface area (Å²) in [6.45, 7) is 2.66. The molecule has 3 aromatic rings. The first kappa shape index (κ1) is 36.3. The maximum absolute atomic E-state index is 13.2. The molecule has 1 amide bonds. The molecule has 1 aliphatic rings. The summed E-state index contributed by atoms with van der Waals surface area (Å²) >= 11 is 6.18.